The third-order valence-corrected chi connectivity index (χ3v) is 2.60. The predicted molar refractivity (Wildman–Crippen MR) is 62.0 cm³/mol. The van der Waals surface area contributed by atoms with Crippen LogP contribution in [0, 0.1) is 5.92 Å². The summed E-state index contributed by atoms with van der Waals surface area (Å²) in [6, 6.07) is 0. The zero-order valence-electron chi connectivity index (χ0n) is 9.68. The van der Waals surface area contributed by atoms with Crippen LogP contribution in [0.15, 0.2) is 12.2 Å². The minimum absolute atomic E-state index is 0.950. The molecule has 0 aromatic rings. The monoisotopic (exact) mass is 182 g/mol. The van der Waals surface area contributed by atoms with Crippen LogP contribution < -0.4 is 0 Å². The van der Waals surface area contributed by atoms with Crippen molar-refractivity contribution in [3.63, 3.8) is 0 Å². The summed E-state index contributed by atoms with van der Waals surface area (Å²) in [5, 5.41) is 0. The lowest BCUT2D eigenvalue weighted by molar-refractivity contribution is 0.450. The van der Waals surface area contributed by atoms with Gasteiger partial charge in [-0.05, 0) is 25.7 Å². The van der Waals surface area contributed by atoms with Crippen LogP contribution in [0.1, 0.15) is 65.7 Å². The van der Waals surface area contributed by atoms with Gasteiger partial charge in [0.25, 0.3) is 0 Å². The molecule has 0 aliphatic carbocycles. The zero-order valence-corrected chi connectivity index (χ0v) is 9.68. The number of rotatable bonds is 8. The SMILES string of the molecule is C/C=C/CCCCC(C)CCCC. The van der Waals surface area contributed by atoms with Gasteiger partial charge in [0, 0.05) is 0 Å². The van der Waals surface area contributed by atoms with Crippen molar-refractivity contribution in [3.8, 4) is 0 Å². The first-order valence-corrected chi connectivity index (χ1v) is 5.92. The van der Waals surface area contributed by atoms with Crippen LogP contribution in [-0.2, 0) is 0 Å². The minimum atomic E-state index is 0.950. The third-order valence-electron chi connectivity index (χ3n) is 2.60. The lowest BCUT2D eigenvalue weighted by Gasteiger charge is -2.09. The number of hydrogen-bond acceptors (Lipinski definition) is 0. The summed E-state index contributed by atoms with van der Waals surface area (Å²) in [4.78, 5) is 0. The van der Waals surface area contributed by atoms with Crippen LogP contribution in [0.4, 0.5) is 0 Å². The standard InChI is InChI=1S/C13H26/c1-4-6-8-9-10-12-13(3)11-7-5-2/h4,6,13H,5,7-12H2,1-3H3/b6-4+. The molecule has 0 heterocycles. The summed E-state index contributed by atoms with van der Waals surface area (Å²) >= 11 is 0. The van der Waals surface area contributed by atoms with Crippen LogP contribution in [0.2, 0.25) is 0 Å². The average molecular weight is 182 g/mol. The molecule has 0 amide bonds. The summed E-state index contributed by atoms with van der Waals surface area (Å²) in [5.74, 6) is 0.950. The van der Waals surface area contributed by atoms with Crippen LogP contribution >= 0.6 is 0 Å². The van der Waals surface area contributed by atoms with Crippen molar-refractivity contribution in [2.75, 3.05) is 0 Å². The fourth-order valence-corrected chi connectivity index (χ4v) is 1.62. The molecule has 0 bridgehead atoms. The molecule has 0 saturated heterocycles. The highest BCUT2D eigenvalue weighted by atomic mass is 14.1. The Morgan fingerprint density at radius 1 is 1.08 bits per heavy atom. The number of hydrogen-bond donors (Lipinski definition) is 0. The van der Waals surface area contributed by atoms with Crippen molar-refractivity contribution >= 4 is 0 Å². The largest absolute Gasteiger partial charge is 0.0917 e. The molecule has 78 valence electrons. The van der Waals surface area contributed by atoms with E-state index in [1.54, 1.807) is 0 Å². The molecular formula is C13H26. The lowest BCUT2D eigenvalue weighted by atomic mass is 9.97. The summed E-state index contributed by atoms with van der Waals surface area (Å²) in [6.45, 7) is 6.77. The first-order chi connectivity index (χ1) is 6.31. The smallest absolute Gasteiger partial charge is 0.0351 e. The molecule has 0 heteroatoms. The van der Waals surface area contributed by atoms with E-state index in [1.807, 2.05) is 0 Å². The summed E-state index contributed by atoms with van der Waals surface area (Å²) in [6.07, 6.45) is 14.1. The first kappa shape index (κ1) is 12.7. The molecule has 0 saturated carbocycles. The Morgan fingerprint density at radius 2 is 1.77 bits per heavy atom. The molecule has 1 atom stereocenters. The maximum Gasteiger partial charge on any atom is -0.0351 e. The quantitative estimate of drug-likeness (QED) is 0.368. The molecular weight excluding hydrogens is 156 g/mol. The highest BCUT2D eigenvalue weighted by molar-refractivity contribution is 4.76. The fourth-order valence-electron chi connectivity index (χ4n) is 1.62. The van der Waals surface area contributed by atoms with Gasteiger partial charge >= 0.3 is 0 Å². The molecule has 0 aliphatic rings. The van der Waals surface area contributed by atoms with Crippen molar-refractivity contribution < 1.29 is 0 Å². The van der Waals surface area contributed by atoms with Crippen molar-refractivity contribution in [2.24, 2.45) is 5.92 Å². The van der Waals surface area contributed by atoms with Crippen molar-refractivity contribution in [2.45, 2.75) is 65.7 Å². The molecule has 0 aliphatic heterocycles. The Kier molecular flexibility index (Phi) is 9.63. The Bertz CT molecular complexity index is 113. The third kappa shape index (κ3) is 9.66. The second-order valence-electron chi connectivity index (χ2n) is 4.10. The predicted octanol–water partition coefficient (Wildman–Crippen LogP) is 4.95. The topological polar surface area (TPSA) is 0 Å². The van der Waals surface area contributed by atoms with E-state index in [2.05, 4.69) is 32.9 Å². The van der Waals surface area contributed by atoms with Crippen molar-refractivity contribution in [1.29, 1.82) is 0 Å². The van der Waals surface area contributed by atoms with Gasteiger partial charge in [0.15, 0.2) is 0 Å². The van der Waals surface area contributed by atoms with Crippen molar-refractivity contribution in [1.82, 2.24) is 0 Å². The van der Waals surface area contributed by atoms with E-state index in [0.717, 1.165) is 5.92 Å². The Hall–Kier alpha value is -0.260. The van der Waals surface area contributed by atoms with Gasteiger partial charge in [0.05, 0.1) is 0 Å². The second kappa shape index (κ2) is 9.83. The molecule has 0 fully saturated rings. The fraction of sp³-hybridized carbons (Fsp3) is 0.846. The lowest BCUT2D eigenvalue weighted by Crippen LogP contribution is -1.94. The molecule has 0 aromatic heterocycles. The molecule has 1 unspecified atom stereocenters. The molecule has 0 aromatic carbocycles. The van der Waals surface area contributed by atoms with Gasteiger partial charge in [0.2, 0.25) is 0 Å². The van der Waals surface area contributed by atoms with E-state index in [0.29, 0.717) is 0 Å². The Morgan fingerprint density at radius 3 is 2.38 bits per heavy atom. The molecule has 0 N–H and O–H groups in total. The summed E-state index contributed by atoms with van der Waals surface area (Å²) < 4.78 is 0. The maximum atomic E-state index is 2.39. The highest BCUT2D eigenvalue weighted by Crippen LogP contribution is 2.15. The molecule has 0 radical (unpaired) electrons. The van der Waals surface area contributed by atoms with Gasteiger partial charge in [-0.15, -0.1) is 0 Å². The summed E-state index contributed by atoms with van der Waals surface area (Å²) in [7, 11) is 0. The van der Waals surface area contributed by atoms with E-state index >= 15 is 0 Å². The van der Waals surface area contributed by atoms with Crippen LogP contribution in [0.5, 0.6) is 0 Å². The van der Waals surface area contributed by atoms with Gasteiger partial charge in [-0.2, -0.15) is 0 Å². The van der Waals surface area contributed by atoms with E-state index in [-0.39, 0.29) is 0 Å². The highest BCUT2D eigenvalue weighted by Gasteiger charge is 1.99. The normalized spacial score (nSPS) is 13.8. The molecule has 0 nitrogen and oxygen atoms in total. The maximum absolute atomic E-state index is 2.39. The van der Waals surface area contributed by atoms with Gasteiger partial charge in [-0.3, -0.25) is 0 Å². The van der Waals surface area contributed by atoms with E-state index < -0.39 is 0 Å². The number of unbranched alkanes of at least 4 members (excludes halogenated alkanes) is 3. The first-order valence-electron chi connectivity index (χ1n) is 5.92. The summed E-state index contributed by atoms with van der Waals surface area (Å²) in [5.41, 5.74) is 0. The Balaban J connectivity index is 3.11. The van der Waals surface area contributed by atoms with E-state index in [4.69, 9.17) is 0 Å². The van der Waals surface area contributed by atoms with Crippen LogP contribution in [0.3, 0.4) is 0 Å². The van der Waals surface area contributed by atoms with Crippen molar-refractivity contribution in [3.05, 3.63) is 12.2 Å². The molecule has 0 rings (SSSR count). The Labute approximate surface area is 84.4 Å². The minimum Gasteiger partial charge on any atom is -0.0917 e. The second-order valence-corrected chi connectivity index (χ2v) is 4.10. The van der Waals surface area contributed by atoms with Crippen LogP contribution in [-0.4, -0.2) is 0 Å². The van der Waals surface area contributed by atoms with Gasteiger partial charge in [0.1, 0.15) is 0 Å². The van der Waals surface area contributed by atoms with Gasteiger partial charge in [-0.1, -0.05) is 58.1 Å². The molecule has 13 heavy (non-hydrogen) atoms. The van der Waals surface area contributed by atoms with E-state index in [1.165, 1.54) is 44.9 Å². The zero-order chi connectivity index (χ0) is 9.94. The molecule has 0 spiro atoms. The van der Waals surface area contributed by atoms with E-state index in [9.17, 15) is 0 Å². The average Bonchev–Trinajstić information content (AvgIpc) is 2.14. The van der Waals surface area contributed by atoms with Gasteiger partial charge in [-0.25, -0.2) is 0 Å². The number of allylic oxidation sites excluding steroid dienone is 2. The van der Waals surface area contributed by atoms with Gasteiger partial charge < -0.3 is 0 Å². The van der Waals surface area contributed by atoms with Crippen LogP contribution in [0.25, 0.3) is 0 Å².